The van der Waals surface area contributed by atoms with Crippen LogP contribution in [-0.4, -0.2) is 4.98 Å². The van der Waals surface area contributed by atoms with Crippen molar-refractivity contribution >= 4 is 11.6 Å². The zero-order valence-electron chi connectivity index (χ0n) is 7.65. The van der Waals surface area contributed by atoms with Crippen LogP contribution in [0, 0.1) is 0 Å². The summed E-state index contributed by atoms with van der Waals surface area (Å²) in [5.74, 6) is 0. The molecule has 0 fully saturated rings. The number of hydrogen-bond donors (Lipinski definition) is 1. The number of hydrogen-bond acceptors (Lipinski definition) is 2. The fourth-order valence-corrected chi connectivity index (χ4v) is 1.45. The molecule has 0 radical (unpaired) electrons. The maximum absolute atomic E-state index is 12.5. The average Bonchev–Trinajstić information content (AvgIpc) is 2.14. The summed E-state index contributed by atoms with van der Waals surface area (Å²) in [7, 11) is 0. The van der Waals surface area contributed by atoms with E-state index >= 15 is 0 Å². The molecular formula is C8H6ClF5N2. The van der Waals surface area contributed by atoms with Crippen molar-refractivity contribution in [3.63, 3.8) is 0 Å². The Kier molecular flexibility index (Phi) is 3.69. The Morgan fingerprint density at radius 3 is 2.31 bits per heavy atom. The Morgan fingerprint density at radius 2 is 1.94 bits per heavy atom. The Balaban J connectivity index is 3.52. The normalized spacial score (nSPS) is 12.2. The molecule has 0 aliphatic carbocycles. The SMILES string of the molecule is NCc1nc(Cl)cc(C(F)F)c1C(F)(F)F. The number of aromatic nitrogens is 1. The topological polar surface area (TPSA) is 38.9 Å². The largest absolute Gasteiger partial charge is 0.418 e. The predicted molar refractivity (Wildman–Crippen MR) is 47.1 cm³/mol. The van der Waals surface area contributed by atoms with Crippen LogP contribution in [0.1, 0.15) is 23.2 Å². The minimum atomic E-state index is -4.93. The molecule has 0 unspecified atom stereocenters. The van der Waals surface area contributed by atoms with Crippen LogP contribution in [0.2, 0.25) is 5.15 Å². The third-order valence-electron chi connectivity index (χ3n) is 1.81. The molecule has 0 spiro atoms. The highest BCUT2D eigenvalue weighted by Gasteiger charge is 2.39. The predicted octanol–water partition coefficient (Wildman–Crippen LogP) is 3.15. The second kappa shape index (κ2) is 4.50. The van der Waals surface area contributed by atoms with E-state index in [1.54, 1.807) is 0 Å². The molecule has 2 N–H and O–H groups in total. The summed E-state index contributed by atoms with van der Waals surface area (Å²) >= 11 is 5.33. The summed E-state index contributed by atoms with van der Waals surface area (Å²) in [6, 6.07) is 0.494. The molecule has 2 nitrogen and oxygen atoms in total. The molecule has 0 amide bonds. The van der Waals surface area contributed by atoms with E-state index in [1.165, 1.54) is 0 Å². The summed E-state index contributed by atoms with van der Waals surface area (Å²) < 4.78 is 62.4. The maximum atomic E-state index is 12.5. The minimum Gasteiger partial charge on any atom is -0.325 e. The van der Waals surface area contributed by atoms with E-state index in [-0.39, 0.29) is 0 Å². The van der Waals surface area contributed by atoms with E-state index in [0.717, 1.165) is 0 Å². The van der Waals surface area contributed by atoms with Gasteiger partial charge in [-0.25, -0.2) is 13.8 Å². The number of alkyl halides is 5. The Labute approximate surface area is 92.2 Å². The molecule has 16 heavy (non-hydrogen) atoms. The van der Waals surface area contributed by atoms with Gasteiger partial charge in [-0.3, -0.25) is 0 Å². The van der Waals surface area contributed by atoms with Crippen molar-refractivity contribution in [1.29, 1.82) is 0 Å². The molecule has 0 bridgehead atoms. The average molecular weight is 261 g/mol. The van der Waals surface area contributed by atoms with Crippen molar-refractivity contribution in [3.05, 3.63) is 28.0 Å². The summed E-state index contributed by atoms with van der Waals surface area (Å²) in [4.78, 5) is 3.29. The van der Waals surface area contributed by atoms with Crippen LogP contribution < -0.4 is 5.73 Å². The van der Waals surface area contributed by atoms with Crippen LogP contribution in [0.25, 0.3) is 0 Å². The number of nitrogens with two attached hydrogens (primary N) is 1. The van der Waals surface area contributed by atoms with Gasteiger partial charge >= 0.3 is 6.18 Å². The van der Waals surface area contributed by atoms with E-state index in [9.17, 15) is 22.0 Å². The van der Waals surface area contributed by atoms with E-state index in [2.05, 4.69) is 4.98 Å². The zero-order valence-corrected chi connectivity index (χ0v) is 8.41. The molecule has 0 saturated carbocycles. The van der Waals surface area contributed by atoms with Crippen molar-refractivity contribution in [2.24, 2.45) is 5.73 Å². The first-order valence-corrected chi connectivity index (χ1v) is 4.40. The first-order chi connectivity index (χ1) is 7.27. The second-order valence-corrected chi connectivity index (χ2v) is 3.25. The fourth-order valence-electron chi connectivity index (χ4n) is 1.23. The van der Waals surface area contributed by atoms with E-state index in [4.69, 9.17) is 17.3 Å². The maximum Gasteiger partial charge on any atom is 0.418 e. The van der Waals surface area contributed by atoms with Crippen LogP contribution in [-0.2, 0) is 12.7 Å². The number of halogens is 6. The lowest BCUT2D eigenvalue weighted by Crippen LogP contribution is -2.17. The second-order valence-electron chi connectivity index (χ2n) is 2.86. The van der Waals surface area contributed by atoms with Crippen LogP contribution in [0.15, 0.2) is 6.07 Å². The first kappa shape index (κ1) is 13.1. The van der Waals surface area contributed by atoms with Gasteiger partial charge in [-0.2, -0.15) is 13.2 Å². The highest BCUT2D eigenvalue weighted by atomic mass is 35.5. The molecule has 0 saturated heterocycles. The van der Waals surface area contributed by atoms with Crippen molar-refractivity contribution < 1.29 is 22.0 Å². The van der Waals surface area contributed by atoms with Crippen molar-refractivity contribution in [2.75, 3.05) is 0 Å². The summed E-state index contributed by atoms with van der Waals surface area (Å²) in [6.45, 7) is -0.616. The van der Waals surface area contributed by atoms with Gasteiger partial charge in [0.25, 0.3) is 6.43 Å². The van der Waals surface area contributed by atoms with Crippen LogP contribution in [0.5, 0.6) is 0 Å². The molecular weight excluding hydrogens is 255 g/mol. The van der Waals surface area contributed by atoms with Gasteiger partial charge < -0.3 is 5.73 Å². The van der Waals surface area contributed by atoms with Crippen LogP contribution >= 0.6 is 11.6 Å². The van der Waals surface area contributed by atoms with Gasteiger partial charge in [0.15, 0.2) is 0 Å². The molecule has 90 valence electrons. The van der Waals surface area contributed by atoms with Gasteiger partial charge in [0.05, 0.1) is 11.3 Å². The fraction of sp³-hybridized carbons (Fsp3) is 0.375. The first-order valence-electron chi connectivity index (χ1n) is 4.02. The summed E-state index contributed by atoms with van der Waals surface area (Å²) in [5.41, 5.74) is 1.63. The molecule has 1 aromatic rings. The molecule has 0 aromatic carbocycles. The Hall–Kier alpha value is -0.950. The lowest BCUT2D eigenvalue weighted by molar-refractivity contribution is -0.140. The number of rotatable bonds is 2. The van der Waals surface area contributed by atoms with E-state index in [1.807, 2.05) is 0 Å². The van der Waals surface area contributed by atoms with E-state index in [0.29, 0.717) is 6.07 Å². The van der Waals surface area contributed by atoms with Gasteiger partial charge in [0.2, 0.25) is 0 Å². The standard InChI is InChI=1S/C8H6ClF5N2/c9-5-1-3(7(10)11)6(8(12,13)14)4(2-15)16-5/h1,7H,2,15H2. The van der Waals surface area contributed by atoms with Gasteiger partial charge in [-0.15, -0.1) is 0 Å². The van der Waals surface area contributed by atoms with Gasteiger partial charge in [-0.05, 0) is 6.07 Å². The molecule has 0 atom stereocenters. The minimum absolute atomic E-state index is 0.441. The summed E-state index contributed by atoms with van der Waals surface area (Å²) in [5, 5.41) is -0.441. The Bertz CT molecular complexity index is 391. The smallest absolute Gasteiger partial charge is 0.325 e. The third kappa shape index (κ3) is 2.59. The monoisotopic (exact) mass is 260 g/mol. The molecule has 1 heterocycles. The van der Waals surface area contributed by atoms with Crippen molar-refractivity contribution in [1.82, 2.24) is 4.98 Å². The Morgan fingerprint density at radius 1 is 1.38 bits per heavy atom. The van der Waals surface area contributed by atoms with Crippen molar-refractivity contribution in [2.45, 2.75) is 19.1 Å². The number of nitrogens with zero attached hydrogens (tertiary/aromatic N) is 1. The zero-order chi connectivity index (χ0) is 12.5. The van der Waals surface area contributed by atoms with Crippen molar-refractivity contribution in [3.8, 4) is 0 Å². The van der Waals surface area contributed by atoms with Crippen LogP contribution in [0.3, 0.4) is 0 Å². The van der Waals surface area contributed by atoms with Crippen LogP contribution in [0.4, 0.5) is 22.0 Å². The molecule has 1 rings (SSSR count). The molecule has 1 aromatic heterocycles. The molecule has 8 heteroatoms. The van der Waals surface area contributed by atoms with Gasteiger partial charge in [0, 0.05) is 12.1 Å². The van der Waals surface area contributed by atoms with Gasteiger partial charge in [-0.1, -0.05) is 11.6 Å². The molecule has 0 aliphatic rings. The quantitative estimate of drug-likeness (QED) is 0.655. The lowest BCUT2D eigenvalue weighted by Gasteiger charge is -2.15. The third-order valence-corrected chi connectivity index (χ3v) is 2.00. The highest BCUT2D eigenvalue weighted by molar-refractivity contribution is 6.29. The highest BCUT2D eigenvalue weighted by Crippen LogP contribution is 2.38. The van der Waals surface area contributed by atoms with E-state index < -0.39 is 41.1 Å². The van der Waals surface area contributed by atoms with Gasteiger partial charge in [0.1, 0.15) is 5.15 Å². The lowest BCUT2D eigenvalue weighted by atomic mass is 10.1. The summed E-state index contributed by atoms with van der Waals surface area (Å²) in [6.07, 6.45) is -8.22. The molecule has 0 aliphatic heterocycles. The number of pyridine rings is 1.